The van der Waals surface area contributed by atoms with E-state index in [1.807, 2.05) is 12.1 Å². The molecule has 0 aliphatic carbocycles. The van der Waals surface area contributed by atoms with Crippen molar-refractivity contribution in [3.8, 4) is 0 Å². The third kappa shape index (κ3) is 3.82. The summed E-state index contributed by atoms with van der Waals surface area (Å²) < 4.78 is 25.1. The van der Waals surface area contributed by atoms with E-state index in [2.05, 4.69) is 15.2 Å². The molecule has 28 heavy (non-hydrogen) atoms. The lowest BCUT2D eigenvalue weighted by atomic mass is 10.1. The topological polar surface area (TPSA) is 82.6 Å². The Morgan fingerprint density at radius 1 is 1.14 bits per heavy atom. The molecule has 1 aromatic carbocycles. The SMILES string of the molecule is CS(=O)(=O)N1CCc2cc(C(=O)NCc3ccnc(N4CCCC4)c3)ccc21. The number of benzene rings is 1. The van der Waals surface area contributed by atoms with Crippen molar-refractivity contribution in [2.24, 2.45) is 0 Å². The van der Waals surface area contributed by atoms with Crippen molar-refractivity contribution in [1.82, 2.24) is 10.3 Å². The molecule has 1 N–H and O–H groups in total. The maximum absolute atomic E-state index is 12.6. The first kappa shape index (κ1) is 18.7. The Balaban J connectivity index is 1.43. The van der Waals surface area contributed by atoms with Crippen LogP contribution >= 0.6 is 0 Å². The van der Waals surface area contributed by atoms with Gasteiger partial charge >= 0.3 is 0 Å². The molecule has 1 aromatic heterocycles. The third-order valence-electron chi connectivity index (χ3n) is 5.29. The molecular formula is C20H24N4O3S. The number of hydrogen-bond acceptors (Lipinski definition) is 5. The molecule has 2 aliphatic heterocycles. The molecule has 2 aliphatic rings. The second-order valence-electron chi connectivity index (χ2n) is 7.33. The zero-order valence-electron chi connectivity index (χ0n) is 15.9. The Bertz CT molecular complexity index is 1000. The van der Waals surface area contributed by atoms with E-state index in [0.29, 0.717) is 30.8 Å². The highest BCUT2D eigenvalue weighted by atomic mass is 32.2. The van der Waals surface area contributed by atoms with Crippen LogP contribution in [0.25, 0.3) is 0 Å². The van der Waals surface area contributed by atoms with Crippen LogP contribution in [0.4, 0.5) is 11.5 Å². The molecule has 2 aromatic rings. The zero-order chi connectivity index (χ0) is 19.7. The predicted molar refractivity (Wildman–Crippen MR) is 109 cm³/mol. The molecule has 8 heteroatoms. The molecule has 0 atom stereocenters. The van der Waals surface area contributed by atoms with Gasteiger partial charge in [-0.1, -0.05) is 0 Å². The molecule has 0 radical (unpaired) electrons. The van der Waals surface area contributed by atoms with Crippen LogP contribution < -0.4 is 14.5 Å². The fraction of sp³-hybridized carbons (Fsp3) is 0.400. The van der Waals surface area contributed by atoms with E-state index in [1.165, 1.54) is 23.4 Å². The number of nitrogens with one attached hydrogen (secondary N) is 1. The van der Waals surface area contributed by atoms with Gasteiger partial charge in [-0.25, -0.2) is 13.4 Å². The first-order chi connectivity index (χ1) is 13.4. The number of anilines is 2. The Kier molecular flexibility index (Phi) is 4.97. The van der Waals surface area contributed by atoms with E-state index in [1.54, 1.807) is 24.4 Å². The molecule has 0 spiro atoms. The highest BCUT2D eigenvalue weighted by Gasteiger charge is 2.26. The Morgan fingerprint density at radius 2 is 1.93 bits per heavy atom. The molecule has 1 fully saturated rings. The van der Waals surface area contributed by atoms with Gasteiger partial charge in [0, 0.05) is 37.9 Å². The number of carbonyl (C=O) groups excluding carboxylic acids is 1. The summed E-state index contributed by atoms with van der Waals surface area (Å²) in [6.45, 7) is 2.91. The first-order valence-electron chi connectivity index (χ1n) is 9.50. The van der Waals surface area contributed by atoms with Gasteiger partial charge in [0.15, 0.2) is 0 Å². The van der Waals surface area contributed by atoms with Gasteiger partial charge in [-0.3, -0.25) is 9.10 Å². The summed E-state index contributed by atoms with van der Waals surface area (Å²) in [7, 11) is -3.28. The van der Waals surface area contributed by atoms with E-state index in [-0.39, 0.29) is 5.91 Å². The normalized spacial score (nSPS) is 16.3. The molecule has 3 heterocycles. The van der Waals surface area contributed by atoms with Gasteiger partial charge in [-0.15, -0.1) is 0 Å². The zero-order valence-corrected chi connectivity index (χ0v) is 16.7. The van der Waals surface area contributed by atoms with Crippen LogP contribution in [-0.2, 0) is 23.0 Å². The van der Waals surface area contributed by atoms with Crippen LogP contribution in [0.3, 0.4) is 0 Å². The van der Waals surface area contributed by atoms with Crippen LogP contribution in [0.15, 0.2) is 36.5 Å². The largest absolute Gasteiger partial charge is 0.357 e. The van der Waals surface area contributed by atoms with Gasteiger partial charge in [0.2, 0.25) is 10.0 Å². The summed E-state index contributed by atoms with van der Waals surface area (Å²) in [5.74, 6) is 0.794. The fourth-order valence-electron chi connectivity index (χ4n) is 3.83. The van der Waals surface area contributed by atoms with Crippen LogP contribution in [0, 0.1) is 0 Å². The molecule has 0 bridgehead atoms. The minimum absolute atomic E-state index is 0.167. The molecule has 7 nitrogen and oxygen atoms in total. The van der Waals surface area contributed by atoms with Crippen molar-refractivity contribution in [2.75, 3.05) is 35.1 Å². The highest BCUT2D eigenvalue weighted by molar-refractivity contribution is 7.92. The van der Waals surface area contributed by atoms with Gasteiger partial charge < -0.3 is 10.2 Å². The number of fused-ring (bicyclic) bond motifs is 1. The number of pyridine rings is 1. The predicted octanol–water partition coefficient (Wildman–Crippen LogP) is 1.93. The fourth-order valence-corrected chi connectivity index (χ4v) is 4.79. The quantitative estimate of drug-likeness (QED) is 0.829. The van der Waals surface area contributed by atoms with Gasteiger partial charge in [-0.05, 0) is 60.7 Å². The maximum atomic E-state index is 12.6. The molecule has 0 saturated carbocycles. The lowest BCUT2D eigenvalue weighted by molar-refractivity contribution is 0.0951. The number of sulfonamides is 1. The van der Waals surface area contributed by atoms with E-state index < -0.39 is 10.0 Å². The molecule has 4 rings (SSSR count). The standard InChI is InChI=1S/C20H24N4O3S/c1-28(26,27)24-11-7-16-13-17(4-5-18(16)24)20(25)22-14-15-6-8-21-19(12-15)23-9-2-3-10-23/h4-6,8,12-13H,2-3,7,9-11,14H2,1H3,(H,22,25). The summed E-state index contributed by atoms with van der Waals surface area (Å²) in [6, 6.07) is 9.12. The van der Waals surface area contributed by atoms with E-state index in [9.17, 15) is 13.2 Å². The summed E-state index contributed by atoms with van der Waals surface area (Å²) in [6.07, 6.45) is 5.99. The van der Waals surface area contributed by atoms with Crippen LogP contribution in [-0.4, -0.2) is 45.2 Å². The van der Waals surface area contributed by atoms with E-state index >= 15 is 0 Å². The Labute approximate surface area is 165 Å². The van der Waals surface area contributed by atoms with E-state index in [4.69, 9.17) is 0 Å². The molecule has 0 unspecified atom stereocenters. The highest BCUT2D eigenvalue weighted by Crippen LogP contribution is 2.30. The maximum Gasteiger partial charge on any atom is 0.251 e. The summed E-state index contributed by atoms with van der Waals surface area (Å²) in [4.78, 5) is 19.3. The van der Waals surface area contributed by atoms with Crippen molar-refractivity contribution in [3.05, 3.63) is 53.2 Å². The van der Waals surface area contributed by atoms with Crippen LogP contribution in [0.1, 0.15) is 34.3 Å². The minimum Gasteiger partial charge on any atom is -0.357 e. The third-order valence-corrected chi connectivity index (χ3v) is 6.47. The lowest BCUT2D eigenvalue weighted by Crippen LogP contribution is -2.27. The number of carbonyl (C=O) groups is 1. The van der Waals surface area contributed by atoms with E-state index in [0.717, 1.165) is 30.0 Å². The van der Waals surface area contributed by atoms with Crippen molar-refractivity contribution in [2.45, 2.75) is 25.8 Å². The molecule has 148 valence electrons. The summed E-state index contributed by atoms with van der Waals surface area (Å²) >= 11 is 0. The summed E-state index contributed by atoms with van der Waals surface area (Å²) in [5.41, 5.74) is 3.11. The lowest BCUT2D eigenvalue weighted by Gasteiger charge is -2.17. The van der Waals surface area contributed by atoms with Crippen molar-refractivity contribution in [3.63, 3.8) is 0 Å². The van der Waals surface area contributed by atoms with Crippen molar-refractivity contribution >= 4 is 27.4 Å². The van der Waals surface area contributed by atoms with Crippen LogP contribution in [0.5, 0.6) is 0 Å². The van der Waals surface area contributed by atoms with Crippen molar-refractivity contribution < 1.29 is 13.2 Å². The first-order valence-corrected chi connectivity index (χ1v) is 11.4. The number of rotatable bonds is 5. The average Bonchev–Trinajstić information content (AvgIpc) is 3.35. The molecule has 1 saturated heterocycles. The van der Waals surface area contributed by atoms with Gasteiger partial charge in [0.25, 0.3) is 5.91 Å². The van der Waals surface area contributed by atoms with Gasteiger partial charge in [0.05, 0.1) is 11.9 Å². The average molecular weight is 401 g/mol. The number of nitrogens with zero attached hydrogens (tertiary/aromatic N) is 3. The van der Waals surface area contributed by atoms with Crippen LogP contribution in [0.2, 0.25) is 0 Å². The minimum atomic E-state index is -3.28. The second-order valence-corrected chi connectivity index (χ2v) is 9.23. The smallest absolute Gasteiger partial charge is 0.251 e. The molecular weight excluding hydrogens is 376 g/mol. The summed E-state index contributed by atoms with van der Waals surface area (Å²) in [5, 5.41) is 2.95. The Morgan fingerprint density at radius 3 is 2.68 bits per heavy atom. The van der Waals surface area contributed by atoms with Gasteiger partial charge in [0.1, 0.15) is 5.82 Å². The number of aromatic nitrogens is 1. The number of hydrogen-bond donors (Lipinski definition) is 1. The molecule has 1 amide bonds. The monoisotopic (exact) mass is 400 g/mol. The van der Waals surface area contributed by atoms with Crippen molar-refractivity contribution in [1.29, 1.82) is 0 Å². The second kappa shape index (κ2) is 7.43. The van der Waals surface area contributed by atoms with Gasteiger partial charge in [-0.2, -0.15) is 0 Å². The number of amides is 1. The Hall–Kier alpha value is -2.61.